The summed E-state index contributed by atoms with van der Waals surface area (Å²) >= 11 is 12.0. The van der Waals surface area contributed by atoms with Gasteiger partial charge >= 0.3 is 11.9 Å². The number of nitrogens with one attached hydrogen (secondary N) is 2. The molecule has 222 valence electrons. The largest absolute Gasteiger partial charge is 0.469 e. The first-order valence-corrected chi connectivity index (χ1v) is 16.1. The second kappa shape index (κ2) is 11.6. The zero-order chi connectivity index (χ0) is 30.4. The van der Waals surface area contributed by atoms with Crippen molar-refractivity contribution in [1.82, 2.24) is 10.3 Å². The molecule has 8 bridgehead atoms. The Morgan fingerprint density at radius 1 is 1.02 bits per heavy atom. The molecule has 0 aliphatic carbocycles. The summed E-state index contributed by atoms with van der Waals surface area (Å²) in [4.78, 5) is 38.7. The van der Waals surface area contributed by atoms with Gasteiger partial charge in [0.1, 0.15) is 8.90 Å². The fraction of sp³-hybridized carbons (Fsp3) is 0.419. The molecule has 0 radical (unpaired) electrons. The molecule has 4 aliphatic rings. The lowest BCUT2D eigenvalue weighted by molar-refractivity contribution is -0.142. The maximum Gasteiger partial charge on any atom is 0.305 e. The van der Waals surface area contributed by atoms with E-state index in [-0.39, 0.29) is 30.7 Å². The van der Waals surface area contributed by atoms with Crippen LogP contribution >= 0.6 is 47.8 Å². The number of aromatic nitrogens is 1. The van der Waals surface area contributed by atoms with Crippen LogP contribution in [0.2, 0.25) is 0 Å². The van der Waals surface area contributed by atoms with E-state index in [2.05, 4.69) is 71.9 Å². The molecule has 0 spiro atoms. The molecule has 2 N–H and O–H groups in total. The highest BCUT2D eigenvalue weighted by molar-refractivity contribution is 9.14. The molecule has 0 amide bonds. The Morgan fingerprint density at radius 3 is 2.38 bits per heavy atom. The molecule has 5 rings (SSSR count). The van der Waals surface area contributed by atoms with E-state index in [0.717, 1.165) is 49.0 Å². The number of carbonyl (C=O) groups is 2. The molecule has 0 saturated heterocycles. The van der Waals surface area contributed by atoms with E-state index in [1.54, 1.807) is 0 Å². The molecule has 11 heteroatoms. The monoisotopic (exact) mass is 762 g/mol. The molecular weight excluding hydrogens is 732 g/mol. The van der Waals surface area contributed by atoms with Crippen LogP contribution in [0, 0.1) is 5.92 Å². The zero-order valence-corrected chi connectivity index (χ0v) is 28.9. The fourth-order valence-electron chi connectivity index (χ4n) is 6.27. The summed E-state index contributed by atoms with van der Waals surface area (Å²) in [5.41, 5.74) is 4.59. The van der Waals surface area contributed by atoms with E-state index in [1.807, 2.05) is 49.4 Å². The molecule has 0 aromatic carbocycles. The van der Waals surface area contributed by atoms with Crippen LogP contribution in [-0.4, -0.2) is 57.0 Å². The van der Waals surface area contributed by atoms with E-state index in [0.29, 0.717) is 12.8 Å². The van der Waals surface area contributed by atoms with Crippen LogP contribution in [0.4, 0.5) is 0 Å². The molecular formula is C31H33Br3N4O4. The molecule has 1 aromatic rings. The Morgan fingerprint density at radius 2 is 1.69 bits per heavy atom. The molecule has 4 unspecified atom stereocenters. The number of nitrogens with zero attached hydrogens (tertiary/aromatic N) is 2. The average Bonchev–Trinajstić information content (AvgIpc) is 3.70. The van der Waals surface area contributed by atoms with Crippen LogP contribution in [0.3, 0.4) is 0 Å². The number of alkyl halides is 2. The number of halogens is 3. The fourth-order valence-corrected chi connectivity index (χ4v) is 9.06. The van der Waals surface area contributed by atoms with Gasteiger partial charge in [0.05, 0.1) is 36.9 Å². The number of methoxy groups -OCH3 is 2. The highest BCUT2D eigenvalue weighted by Crippen LogP contribution is 2.57. The van der Waals surface area contributed by atoms with Gasteiger partial charge in [-0.05, 0) is 85.9 Å². The number of esters is 2. The van der Waals surface area contributed by atoms with E-state index < -0.39 is 14.4 Å². The number of ether oxygens (including phenoxy) is 2. The predicted molar refractivity (Wildman–Crippen MR) is 176 cm³/mol. The summed E-state index contributed by atoms with van der Waals surface area (Å²) in [6.45, 7) is 6.23. The minimum atomic E-state index is -0.855. The van der Waals surface area contributed by atoms with Gasteiger partial charge in [0.2, 0.25) is 0 Å². The van der Waals surface area contributed by atoms with E-state index in [4.69, 9.17) is 19.5 Å². The Labute approximate surface area is 270 Å². The van der Waals surface area contributed by atoms with Crippen molar-refractivity contribution in [3.63, 3.8) is 0 Å². The van der Waals surface area contributed by atoms with Crippen molar-refractivity contribution in [1.29, 1.82) is 0 Å². The first-order chi connectivity index (χ1) is 19.8. The van der Waals surface area contributed by atoms with Crippen molar-refractivity contribution in [2.24, 2.45) is 15.9 Å². The normalized spacial score (nSPS) is 32.0. The summed E-state index contributed by atoms with van der Waals surface area (Å²) < 4.78 is 9.45. The van der Waals surface area contributed by atoms with Crippen LogP contribution in [0.5, 0.6) is 0 Å². The van der Waals surface area contributed by atoms with Gasteiger partial charge in [0, 0.05) is 33.9 Å². The van der Waals surface area contributed by atoms with E-state index >= 15 is 0 Å². The second-order valence-electron chi connectivity index (χ2n) is 11.0. The number of H-pyrrole nitrogens is 1. The van der Waals surface area contributed by atoms with E-state index in [9.17, 15) is 9.59 Å². The number of carbonyl (C=O) groups excluding carboxylic acids is 2. The van der Waals surface area contributed by atoms with Crippen LogP contribution < -0.4 is 16.0 Å². The second-order valence-corrected chi connectivity index (χ2v) is 14.3. The number of aromatic amines is 1. The standard InChI is InChI=1S/C31H33Br3N4O4/c1-17-24(10-11-26(39)41-4)29(13-12-27(40)42-5)19(3)31(34)18(2)28(32)30(33,38-31)16-23-9-8-21(36-23)14-20-6-7-22(35-20)15-25(17)37-29/h6-9,14-16,19,35,38H,10-13H2,1-5H3/b20-14-,22-15?,23-16-. The van der Waals surface area contributed by atoms with Gasteiger partial charge in [-0.25, -0.2) is 4.99 Å². The van der Waals surface area contributed by atoms with Crippen LogP contribution in [0.25, 0.3) is 12.2 Å². The maximum absolute atomic E-state index is 12.6. The van der Waals surface area contributed by atoms with Gasteiger partial charge in [0.25, 0.3) is 0 Å². The van der Waals surface area contributed by atoms with Crippen LogP contribution in [-0.2, 0) is 19.1 Å². The maximum atomic E-state index is 12.6. The lowest BCUT2D eigenvalue weighted by atomic mass is 9.70. The lowest BCUT2D eigenvalue weighted by Crippen LogP contribution is -2.56. The highest BCUT2D eigenvalue weighted by atomic mass is 79.9. The van der Waals surface area contributed by atoms with Crippen molar-refractivity contribution in [2.75, 3.05) is 14.2 Å². The molecule has 4 aliphatic heterocycles. The van der Waals surface area contributed by atoms with Gasteiger partial charge in [-0.15, -0.1) is 0 Å². The Bertz CT molecular complexity index is 1670. The Kier molecular flexibility index (Phi) is 8.61. The summed E-state index contributed by atoms with van der Waals surface area (Å²) in [6, 6.07) is 4.02. The first kappa shape index (κ1) is 31.1. The van der Waals surface area contributed by atoms with Crippen LogP contribution in [0.1, 0.15) is 46.5 Å². The molecule has 42 heavy (non-hydrogen) atoms. The van der Waals surface area contributed by atoms with E-state index in [1.165, 1.54) is 14.2 Å². The van der Waals surface area contributed by atoms with Gasteiger partial charge < -0.3 is 14.5 Å². The Balaban J connectivity index is 1.78. The molecule has 0 fully saturated rings. The number of rotatable bonds is 6. The molecule has 8 nitrogen and oxygen atoms in total. The molecule has 1 aromatic heterocycles. The van der Waals surface area contributed by atoms with Crippen molar-refractivity contribution in [2.45, 2.75) is 60.9 Å². The number of hydrogen-bond donors (Lipinski definition) is 2. The summed E-state index contributed by atoms with van der Waals surface area (Å²) in [5, 5.41) is 5.59. The Hall–Kier alpha value is -2.34. The number of allylic oxidation sites excluding steroid dienone is 3. The third-order valence-corrected chi connectivity index (χ3v) is 12.7. The summed E-state index contributed by atoms with van der Waals surface area (Å²) in [5.74, 6) is -0.859. The summed E-state index contributed by atoms with van der Waals surface area (Å²) in [7, 11) is 2.79. The average molecular weight is 765 g/mol. The lowest BCUT2D eigenvalue weighted by Gasteiger charge is -2.45. The smallest absolute Gasteiger partial charge is 0.305 e. The topological polar surface area (TPSA) is 105 Å². The van der Waals surface area contributed by atoms with Gasteiger partial charge in [0.15, 0.2) is 0 Å². The SMILES string of the molecule is COC(=O)CCC1=C(C)C2=NC1(CCC(=O)OC)C(C)C1(Br)NC(Br)(/C=C3/C=CC(=N3)/C=c3/ccc([nH]3)=C2)C(Br)=C1C. The zero-order valence-electron chi connectivity index (χ0n) is 24.1. The first-order valence-electron chi connectivity index (χ1n) is 13.7. The minimum Gasteiger partial charge on any atom is -0.469 e. The summed E-state index contributed by atoms with van der Waals surface area (Å²) in [6.07, 6.45) is 11.2. The third kappa shape index (κ3) is 5.42. The number of hydrogen-bond acceptors (Lipinski definition) is 7. The molecule has 0 saturated carbocycles. The van der Waals surface area contributed by atoms with Gasteiger partial charge in [-0.3, -0.25) is 19.9 Å². The predicted octanol–water partition coefficient (Wildman–Crippen LogP) is 4.99. The van der Waals surface area contributed by atoms with Crippen molar-refractivity contribution in [3.8, 4) is 0 Å². The number of fused-ring (bicyclic) bond motifs is 6. The highest BCUT2D eigenvalue weighted by Gasteiger charge is 2.58. The quantitative estimate of drug-likeness (QED) is 0.242. The minimum absolute atomic E-state index is 0.160. The van der Waals surface area contributed by atoms with Gasteiger partial charge in [-0.2, -0.15) is 0 Å². The third-order valence-electron chi connectivity index (χ3n) is 8.65. The van der Waals surface area contributed by atoms with Crippen LogP contribution in [0.15, 0.2) is 67.2 Å². The van der Waals surface area contributed by atoms with Crippen molar-refractivity contribution in [3.05, 3.63) is 68.0 Å². The van der Waals surface area contributed by atoms with Gasteiger partial charge in [-0.1, -0.05) is 54.7 Å². The van der Waals surface area contributed by atoms with Crippen molar-refractivity contribution >= 4 is 83.3 Å². The molecule has 5 heterocycles. The molecule has 4 atom stereocenters. The number of aliphatic imine (C=N–C) groups is 2. The van der Waals surface area contributed by atoms with Crippen molar-refractivity contribution < 1.29 is 19.1 Å².